The Morgan fingerprint density at radius 2 is 1.97 bits per heavy atom. The summed E-state index contributed by atoms with van der Waals surface area (Å²) in [6, 6.07) is 10.9. The molecule has 3 aromatic rings. The highest BCUT2D eigenvalue weighted by Gasteiger charge is 2.28. The maximum absolute atomic E-state index is 13.7. The molecule has 2 aliphatic rings. The van der Waals surface area contributed by atoms with Crippen molar-refractivity contribution in [3.63, 3.8) is 0 Å². The van der Waals surface area contributed by atoms with Gasteiger partial charge in [-0.2, -0.15) is 0 Å². The van der Waals surface area contributed by atoms with Crippen molar-refractivity contribution in [2.24, 2.45) is 7.05 Å². The third kappa shape index (κ3) is 3.93. The van der Waals surface area contributed by atoms with Crippen molar-refractivity contribution < 1.29 is 13.9 Å². The Morgan fingerprint density at radius 1 is 1.16 bits per heavy atom. The van der Waals surface area contributed by atoms with Gasteiger partial charge in [-0.3, -0.25) is 9.69 Å². The van der Waals surface area contributed by atoms with Crippen LogP contribution < -0.4 is 15.0 Å². The van der Waals surface area contributed by atoms with Crippen molar-refractivity contribution >= 4 is 28.2 Å². The summed E-state index contributed by atoms with van der Waals surface area (Å²) in [6.07, 6.45) is 3.63. The highest BCUT2D eigenvalue weighted by atomic mass is 19.1. The molecule has 6 nitrogen and oxygen atoms in total. The molecule has 1 saturated heterocycles. The van der Waals surface area contributed by atoms with Crippen LogP contribution in [0.3, 0.4) is 0 Å². The van der Waals surface area contributed by atoms with Gasteiger partial charge < -0.3 is 19.5 Å². The fourth-order valence-corrected chi connectivity index (χ4v) is 4.81. The van der Waals surface area contributed by atoms with Crippen LogP contribution in [-0.2, 0) is 18.3 Å². The number of fused-ring (bicyclic) bond motifs is 2. The lowest BCUT2D eigenvalue weighted by Crippen LogP contribution is -2.47. The van der Waals surface area contributed by atoms with Crippen LogP contribution in [-0.4, -0.2) is 54.2 Å². The van der Waals surface area contributed by atoms with Gasteiger partial charge in [0.1, 0.15) is 5.82 Å². The Hall–Kier alpha value is -3.06. The first-order valence-corrected chi connectivity index (χ1v) is 11.3. The highest BCUT2D eigenvalue weighted by Crippen LogP contribution is 2.39. The number of anilines is 2. The summed E-state index contributed by atoms with van der Waals surface area (Å²) in [4.78, 5) is 16.7. The first-order chi connectivity index (χ1) is 15.5. The number of carbonyl (C=O) groups excluding carboxylic acids is 1. The Kier molecular flexibility index (Phi) is 5.51. The van der Waals surface area contributed by atoms with Crippen LogP contribution in [0, 0.1) is 5.82 Å². The number of ether oxygens (including phenoxy) is 1. The number of aromatic nitrogens is 1. The summed E-state index contributed by atoms with van der Waals surface area (Å²) in [5.41, 5.74) is 4.09. The second kappa shape index (κ2) is 8.47. The molecule has 2 aliphatic heterocycles. The molecule has 5 rings (SSSR count). The Balaban J connectivity index is 1.18. The molecule has 1 fully saturated rings. The lowest BCUT2D eigenvalue weighted by atomic mass is 10.1. The molecule has 7 heteroatoms. The molecule has 0 spiro atoms. The van der Waals surface area contributed by atoms with Crippen molar-refractivity contribution in [2.75, 3.05) is 42.9 Å². The number of para-hydroxylation sites is 1. The fourth-order valence-electron chi connectivity index (χ4n) is 4.81. The summed E-state index contributed by atoms with van der Waals surface area (Å²) in [5.74, 6) is 0.492. The van der Waals surface area contributed by atoms with E-state index < -0.39 is 6.10 Å². The van der Waals surface area contributed by atoms with Crippen molar-refractivity contribution in [2.45, 2.75) is 25.9 Å². The van der Waals surface area contributed by atoms with Gasteiger partial charge in [0.15, 0.2) is 11.9 Å². The number of amides is 1. The van der Waals surface area contributed by atoms with E-state index in [0.717, 1.165) is 73.6 Å². The number of hydrogen-bond donors (Lipinski definition) is 1. The first kappa shape index (κ1) is 20.8. The van der Waals surface area contributed by atoms with E-state index in [0.29, 0.717) is 0 Å². The van der Waals surface area contributed by atoms with E-state index in [1.54, 1.807) is 13.0 Å². The average molecular weight is 437 g/mol. The topological polar surface area (TPSA) is 49.7 Å². The van der Waals surface area contributed by atoms with E-state index in [4.69, 9.17) is 4.74 Å². The van der Waals surface area contributed by atoms with E-state index in [1.807, 2.05) is 25.2 Å². The molecule has 0 radical (unpaired) electrons. The third-order valence-corrected chi connectivity index (χ3v) is 6.58. The molecule has 32 heavy (non-hydrogen) atoms. The minimum Gasteiger partial charge on any atom is -0.477 e. The van der Waals surface area contributed by atoms with Gasteiger partial charge in [0.05, 0.1) is 11.4 Å². The number of rotatable bonds is 5. The monoisotopic (exact) mass is 436 g/mol. The van der Waals surface area contributed by atoms with E-state index in [-0.39, 0.29) is 11.7 Å². The van der Waals surface area contributed by atoms with Crippen molar-refractivity contribution in [3.05, 3.63) is 54.0 Å². The number of halogens is 1. The smallest absolute Gasteiger partial charge is 0.265 e. The summed E-state index contributed by atoms with van der Waals surface area (Å²) in [7, 11) is 2.02. The van der Waals surface area contributed by atoms with Crippen LogP contribution >= 0.6 is 0 Å². The zero-order valence-corrected chi connectivity index (χ0v) is 18.6. The number of piperazine rings is 1. The third-order valence-electron chi connectivity index (χ3n) is 6.58. The Bertz CT molecular complexity index is 1150. The highest BCUT2D eigenvalue weighted by molar-refractivity contribution is 5.99. The number of carbonyl (C=O) groups is 1. The second-order valence-corrected chi connectivity index (χ2v) is 8.76. The van der Waals surface area contributed by atoms with E-state index in [1.165, 1.54) is 11.6 Å². The van der Waals surface area contributed by atoms with Gasteiger partial charge in [-0.05, 0) is 62.2 Å². The summed E-state index contributed by atoms with van der Waals surface area (Å²) in [6.45, 7) is 6.60. The lowest BCUT2D eigenvalue weighted by molar-refractivity contribution is -0.122. The summed E-state index contributed by atoms with van der Waals surface area (Å²) < 4.78 is 21.7. The zero-order valence-electron chi connectivity index (χ0n) is 18.6. The molecule has 1 unspecified atom stereocenters. The van der Waals surface area contributed by atoms with Crippen LogP contribution in [0.4, 0.5) is 15.8 Å². The van der Waals surface area contributed by atoms with Crippen molar-refractivity contribution in [1.82, 2.24) is 9.47 Å². The maximum Gasteiger partial charge on any atom is 0.265 e. The predicted molar refractivity (Wildman–Crippen MR) is 125 cm³/mol. The molecule has 0 bridgehead atoms. The van der Waals surface area contributed by atoms with Crippen molar-refractivity contribution in [3.8, 4) is 5.75 Å². The summed E-state index contributed by atoms with van der Waals surface area (Å²) >= 11 is 0. The molecule has 0 saturated carbocycles. The predicted octanol–water partition coefficient (Wildman–Crippen LogP) is 3.79. The van der Waals surface area contributed by atoms with Crippen LogP contribution in [0.5, 0.6) is 5.75 Å². The molecule has 1 atom stereocenters. The second-order valence-electron chi connectivity index (χ2n) is 8.76. The number of aryl methyl sites for hydroxylation is 2. The fraction of sp³-hybridized carbons (Fsp3) is 0.400. The van der Waals surface area contributed by atoms with Gasteiger partial charge in [-0.15, -0.1) is 0 Å². The number of nitrogens with one attached hydrogen (secondary N) is 1. The largest absolute Gasteiger partial charge is 0.477 e. The maximum atomic E-state index is 13.7. The van der Waals surface area contributed by atoms with Crippen LogP contribution in [0.2, 0.25) is 0 Å². The molecular weight excluding hydrogens is 407 g/mol. The van der Waals surface area contributed by atoms with Gasteiger partial charge in [-0.1, -0.05) is 6.07 Å². The average Bonchev–Trinajstić information content (AvgIpc) is 3.09. The zero-order chi connectivity index (χ0) is 22.2. The number of hydrogen-bond acceptors (Lipinski definition) is 4. The van der Waals surface area contributed by atoms with Gasteiger partial charge >= 0.3 is 0 Å². The van der Waals surface area contributed by atoms with Gasteiger partial charge in [0, 0.05) is 50.3 Å². The van der Waals surface area contributed by atoms with Gasteiger partial charge in [0.25, 0.3) is 5.91 Å². The molecule has 2 aromatic carbocycles. The number of benzene rings is 2. The van der Waals surface area contributed by atoms with Crippen LogP contribution in [0.1, 0.15) is 18.9 Å². The number of nitrogens with zero attached hydrogens (tertiary/aromatic N) is 3. The molecule has 3 heterocycles. The standard InChI is InChI=1S/C25H29FN4O2/c1-17-25(31)27-21-6-3-7-23(24(21)32-17)30-13-11-29(12-14-30)10-4-5-18-16-28(2)22-9-8-19(26)15-20(18)22/h3,6-9,15-17H,4-5,10-14H2,1-2H3,(H,27,31). The van der Waals surface area contributed by atoms with E-state index in [9.17, 15) is 9.18 Å². The van der Waals surface area contributed by atoms with E-state index >= 15 is 0 Å². The Morgan fingerprint density at radius 3 is 2.78 bits per heavy atom. The first-order valence-electron chi connectivity index (χ1n) is 11.3. The SMILES string of the molecule is CC1Oc2c(cccc2N2CCN(CCCc3cn(C)c4ccc(F)cc34)CC2)NC1=O. The molecular formula is C25H29FN4O2. The van der Waals surface area contributed by atoms with Gasteiger partial charge in [0.2, 0.25) is 0 Å². The summed E-state index contributed by atoms with van der Waals surface area (Å²) in [5, 5.41) is 3.95. The van der Waals surface area contributed by atoms with Gasteiger partial charge in [-0.25, -0.2) is 4.39 Å². The van der Waals surface area contributed by atoms with Crippen molar-refractivity contribution in [1.29, 1.82) is 0 Å². The molecule has 0 aliphatic carbocycles. The lowest BCUT2D eigenvalue weighted by Gasteiger charge is -2.38. The molecule has 168 valence electrons. The minimum atomic E-state index is -0.479. The molecule has 1 aromatic heterocycles. The quantitative estimate of drug-likeness (QED) is 0.661. The minimum absolute atomic E-state index is 0.103. The van der Waals surface area contributed by atoms with Crippen LogP contribution in [0.25, 0.3) is 10.9 Å². The van der Waals surface area contributed by atoms with Crippen LogP contribution in [0.15, 0.2) is 42.6 Å². The molecule has 1 N–H and O–H groups in total. The van der Waals surface area contributed by atoms with E-state index in [2.05, 4.69) is 31.9 Å². The Labute approximate surface area is 187 Å². The normalized spacial score (nSPS) is 19.0. The molecule has 1 amide bonds.